The highest BCUT2D eigenvalue weighted by Crippen LogP contribution is 2.36. The second-order valence-corrected chi connectivity index (χ2v) is 5.31. The van der Waals surface area contributed by atoms with E-state index in [0.717, 1.165) is 33.8 Å². The third kappa shape index (κ3) is 4.51. The molecular formula is C16H20BrNO3. The zero-order valence-electron chi connectivity index (χ0n) is 12.3. The van der Waals surface area contributed by atoms with Crippen molar-refractivity contribution in [2.24, 2.45) is 0 Å². The maximum absolute atomic E-state index is 5.66. The molecule has 114 valence electrons. The monoisotopic (exact) mass is 353 g/mol. The zero-order chi connectivity index (χ0) is 15.1. The number of hydrogen-bond donors (Lipinski definition) is 1. The first-order valence-corrected chi connectivity index (χ1v) is 7.85. The van der Waals surface area contributed by atoms with Crippen LogP contribution in [0.5, 0.6) is 11.5 Å². The lowest BCUT2D eigenvalue weighted by atomic mass is 10.2. The summed E-state index contributed by atoms with van der Waals surface area (Å²) in [6, 6.07) is 7.89. The van der Waals surface area contributed by atoms with Crippen molar-refractivity contribution in [1.29, 1.82) is 0 Å². The van der Waals surface area contributed by atoms with Crippen LogP contribution in [0.2, 0.25) is 0 Å². The maximum atomic E-state index is 5.66. The molecule has 0 saturated heterocycles. The molecule has 0 saturated carbocycles. The van der Waals surface area contributed by atoms with E-state index in [1.165, 1.54) is 0 Å². The summed E-state index contributed by atoms with van der Waals surface area (Å²) in [6.07, 6.45) is 1.68. The van der Waals surface area contributed by atoms with Crippen LogP contribution in [-0.2, 0) is 13.1 Å². The average Bonchev–Trinajstić information content (AvgIpc) is 2.96. The Kier molecular flexibility index (Phi) is 6.14. The lowest BCUT2D eigenvalue weighted by Crippen LogP contribution is -2.12. The van der Waals surface area contributed by atoms with Crippen LogP contribution in [0, 0.1) is 0 Å². The molecule has 0 amide bonds. The van der Waals surface area contributed by atoms with E-state index in [-0.39, 0.29) is 0 Å². The van der Waals surface area contributed by atoms with Crippen molar-refractivity contribution in [2.75, 3.05) is 13.2 Å². The van der Waals surface area contributed by atoms with E-state index in [0.29, 0.717) is 19.8 Å². The molecule has 0 radical (unpaired) electrons. The maximum Gasteiger partial charge on any atom is 0.175 e. The molecule has 0 unspecified atom stereocenters. The van der Waals surface area contributed by atoms with Crippen LogP contribution >= 0.6 is 15.9 Å². The molecule has 0 spiro atoms. The topological polar surface area (TPSA) is 43.6 Å². The van der Waals surface area contributed by atoms with Gasteiger partial charge in [0, 0.05) is 6.54 Å². The van der Waals surface area contributed by atoms with Crippen LogP contribution in [-0.4, -0.2) is 13.2 Å². The van der Waals surface area contributed by atoms with E-state index in [1.807, 2.05) is 38.1 Å². The van der Waals surface area contributed by atoms with E-state index in [1.54, 1.807) is 6.26 Å². The summed E-state index contributed by atoms with van der Waals surface area (Å²) in [6.45, 7) is 6.56. The molecule has 1 aromatic carbocycles. The van der Waals surface area contributed by atoms with Crippen LogP contribution in [0.25, 0.3) is 0 Å². The number of furan rings is 1. The van der Waals surface area contributed by atoms with Gasteiger partial charge in [0.15, 0.2) is 11.5 Å². The summed E-state index contributed by atoms with van der Waals surface area (Å²) in [5.41, 5.74) is 1.13. The lowest BCUT2D eigenvalue weighted by molar-refractivity contribution is 0.286. The molecule has 0 aliphatic heterocycles. The Hall–Kier alpha value is -1.46. The molecule has 2 rings (SSSR count). The summed E-state index contributed by atoms with van der Waals surface area (Å²) in [5, 5.41) is 3.34. The smallest absolute Gasteiger partial charge is 0.175 e. The molecule has 0 aliphatic carbocycles. The number of benzene rings is 1. The normalized spacial score (nSPS) is 10.6. The molecule has 1 aromatic heterocycles. The number of hydrogen-bond acceptors (Lipinski definition) is 4. The predicted octanol–water partition coefficient (Wildman–Crippen LogP) is 4.13. The number of ether oxygens (including phenoxy) is 2. The van der Waals surface area contributed by atoms with Crippen LogP contribution in [0.4, 0.5) is 0 Å². The second-order valence-electron chi connectivity index (χ2n) is 4.45. The Bertz CT molecular complexity index is 555. The Morgan fingerprint density at radius 2 is 1.95 bits per heavy atom. The first-order chi connectivity index (χ1) is 10.2. The fraction of sp³-hybridized carbons (Fsp3) is 0.375. The minimum absolute atomic E-state index is 0.606. The van der Waals surface area contributed by atoms with Gasteiger partial charge in [-0.2, -0.15) is 0 Å². The number of nitrogens with one attached hydrogen (secondary N) is 1. The van der Waals surface area contributed by atoms with Gasteiger partial charge in [0.05, 0.1) is 30.5 Å². The van der Waals surface area contributed by atoms with E-state index >= 15 is 0 Å². The quantitative estimate of drug-likeness (QED) is 0.774. The molecule has 1 N–H and O–H groups in total. The molecule has 5 heteroatoms. The highest BCUT2D eigenvalue weighted by atomic mass is 79.9. The fourth-order valence-corrected chi connectivity index (χ4v) is 2.62. The zero-order valence-corrected chi connectivity index (χ0v) is 13.9. The van der Waals surface area contributed by atoms with Crippen molar-refractivity contribution in [3.63, 3.8) is 0 Å². The van der Waals surface area contributed by atoms with Gasteiger partial charge in [0.1, 0.15) is 5.76 Å². The van der Waals surface area contributed by atoms with Gasteiger partial charge in [-0.3, -0.25) is 0 Å². The summed E-state index contributed by atoms with van der Waals surface area (Å²) in [5.74, 6) is 2.45. The minimum atomic E-state index is 0.606. The molecule has 4 nitrogen and oxygen atoms in total. The van der Waals surface area contributed by atoms with Crippen LogP contribution in [0.3, 0.4) is 0 Å². The van der Waals surface area contributed by atoms with Crippen LogP contribution < -0.4 is 14.8 Å². The third-order valence-corrected chi connectivity index (χ3v) is 3.46. The Labute approximate surface area is 133 Å². The fourth-order valence-electron chi connectivity index (χ4n) is 2.01. The molecule has 0 bridgehead atoms. The summed E-state index contributed by atoms with van der Waals surface area (Å²) >= 11 is 3.55. The molecule has 0 fully saturated rings. The summed E-state index contributed by atoms with van der Waals surface area (Å²) in [4.78, 5) is 0. The van der Waals surface area contributed by atoms with E-state index in [4.69, 9.17) is 13.9 Å². The Balaban J connectivity index is 2.05. The Morgan fingerprint density at radius 3 is 2.62 bits per heavy atom. The van der Waals surface area contributed by atoms with Crippen LogP contribution in [0.15, 0.2) is 39.4 Å². The van der Waals surface area contributed by atoms with Gasteiger partial charge in [0.2, 0.25) is 0 Å². The molecule has 1 heterocycles. The first kappa shape index (κ1) is 15.9. The van der Waals surface area contributed by atoms with E-state index in [9.17, 15) is 0 Å². The van der Waals surface area contributed by atoms with Crippen molar-refractivity contribution in [2.45, 2.75) is 26.9 Å². The van der Waals surface area contributed by atoms with Crippen molar-refractivity contribution >= 4 is 15.9 Å². The lowest BCUT2D eigenvalue weighted by Gasteiger charge is -2.14. The summed E-state index contributed by atoms with van der Waals surface area (Å²) < 4.78 is 17.5. The SMILES string of the molecule is CCOc1cc(CNCc2ccco2)cc(Br)c1OCC. The van der Waals surface area contributed by atoms with Gasteiger partial charge in [-0.1, -0.05) is 0 Å². The van der Waals surface area contributed by atoms with Crippen molar-refractivity contribution in [3.8, 4) is 11.5 Å². The predicted molar refractivity (Wildman–Crippen MR) is 85.7 cm³/mol. The van der Waals surface area contributed by atoms with Crippen molar-refractivity contribution in [3.05, 3.63) is 46.3 Å². The highest BCUT2D eigenvalue weighted by molar-refractivity contribution is 9.10. The van der Waals surface area contributed by atoms with Gasteiger partial charge in [-0.25, -0.2) is 0 Å². The molecule has 21 heavy (non-hydrogen) atoms. The third-order valence-electron chi connectivity index (χ3n) is 2.87. The van der Waals surface area contributed by atoms with Gasteiger partial charge in [-0.05, 0) is 59.6 Å². The minimum Gasteiger partial charge on any atom is -0.490 e. The standard InChI is InChI=1S/C16H20BrNO3/c1-3-19-15-9-12(8-14(17)16(15)20-4-2)10-18-11-13-6-5-7-21-13/h5-9,18H,3-4,10-11H2,1-2H3. The largest absolute Gasteiger partial charge is 0.490 e. The average molecular weight is 354 g/mol. The van der Waals surface area contributed by atoms with Crippen molar-refractivity contribution in [1.82, 2.24) is 5.32 Å². The second kappa shape index (κ2) is 8.10. The molecular weight excluding hydrogens is 334 g/mol. The Morgan fingerprint density at radius 1 is 1.14 bits per heavy atom. The number of halogens is 1. The highest BCUT2D eigenvalue weighted by Gasteiger charge is 2.11. The van der Waals surface area contributed by atoms with Crippen molar-refractivity contribution < 1.29 is 13.9 Å². The van der Waals surface area contributed by atoms with E-state index < -0.39 is 0 Å². The molecule has 2 aromatic rings. The van der Waals surface area contributed by atoms with Crippen LogP contribution in [0.1, 0.15) is 25.2 Å². The van der Waals surface area contributed by atoms with Gasteiger partial charge < -0.3 is 19.2 Å². The number of rotatable bonds is 8. The molecule has 0 atom stereocenters. The first-order valence-electron chi connectivity index (χ1n) is 7.05. The van der Waals surface area contributed by atoms with Gasteiger partial charge in [-0.15, -0.1) is 0 Å². The van der Waals surface area contributed by atoms with Gasteiger partial charge >= 0.3 is 0 Å². The summed E-state index contributed by atoms with van der Waals surface area (Å²) in [7, 11) is 0. The van der Waals surface area contributed by atoms with Gasteiger partial charge in [0.25, 0.3) is 0 Å². The molecule has 0 aliphatic rings. The van der Waals surface area contributed by atoms with E-state index in [2.05, 4.69) is 21.2 Å².